The first-order valence-electron chi connectivity index (χ1n) is 11.0. The first-order valence-corrected chi connectivity index (χ1v) is 11.0. The number of ether oxygens (including phenoxy) is 1. The minimum Gasteiger partial charge on any atom is -0.467 e. The summed E-state index contributed by atoms with van der Waals surface area (Å²) >= 11 is 0. The van der Waals surface area contributed by atoms with Gasteiger partial charge in [-0.25, -0.2) is 14.6 Å². The molecule has 2 aromatic heterocycles. The smallest absolute Gasteiger partial charge is 0.358 e. The molecule has 174 valence electrons. The Hall–Kier alpha value is -4.33. The van der Waals surface area contributed by atoms with Crippen molar-refractivity contribution in [3.8, 4) is 0 Å². The molecule has 0 fully saturated rings. The van der Waals surface area contributed by atoms with Crippen LogP contribution in [0.15, 0.2) is 83.5 Å². The van der Waals surface area contributed by atoms with E-state index >= 15 is 0 Å². The zero-order chi connectivity index (χ0) is 23.9. The lowest BCUT2D eigenvalue weighted by atomic mass is 10.1. The van der Waals surface area contributed by atoms with Crippen molar-refractivity contribution in [2.75, 3.05) is 16.8 Å². The Labute approximate surface area is 197 Å². The van der Waals surface area contributed by atoms with E-state index in [0.717, 1.165) is 5.56 Å². The molecule has 2 aromatic carbocycles. The third-order valence-corrected chi connectivity index (χ3v) is 5.26. The van der Waals surface area contributed by atoms with Crippen LogP contribution >= 0.6 is 0 Å². The normalized spacial score (nSPS) is 10.6. The number of para-hydroxylation sites is 1. The van der Waals surface area contributed by atoms with Crippen molar-refractivity contribution < 1.29 is 18.7 Å². The SMILES string of the molecule is CCOC(=O)c1c(N(Cc2ccco2)C(=O)Nc2ccccc2)nc(Cc2ccccc2)n1C. The number of amides is 2. The van der Waals surface area contributed by atoms with Gasteiger partial charge in [0.2, 0.25) is 0 Å². The topological polar surface area (TPSA) is 89.6 Å². The number of nitrogens with one attached hydrogen (secondary N) is 1. The van der Waals surface area contributed by atoms with Gasteiger partial charge in [0.05, 0.1) is 19.4 Å². The Morgan fingerprint density at radius 1 is 1.03 bits per heavy atom. The lowest BCUT2D eigenvalue weighted by molar-refractivity contribution is 0.0516. The fourth-order valence-electron chi connectivity index (χ4n) is 3.60. The van der Waals surface area contributed by atoms with Gasteiger partial charge in [-0.15, -0.1) is 0 Å². The number of imidazole rings is 1. The summed E-state index contributed by atoms with van der Waals surface area (Å²) in [5, 5.41) is 2.87. The molecule has 0 saturated heterocycles. The van der Waals surface area contributed by atoms with Crippen LogP contribution in [-0.4, -0.2) is 28.2 Å². The number of carbonyl (C=O) groups is 2. The molecule has 0 atom stereocenters. The molecule has 0 aliphatic carbocycles. The molecule has 8 nitrogen and oxygen atoms in total. The van der Waals surface area contributed by atoms with Crippen molar-refractivity contribution in [2.45, 2.75) is 19.9 Å². The average molecular weight is 459 g/mol. The molecule has 1 N–H and O–H groups in total. The quantitative estimate of drug-likeness (QED) is 0.375. The minimum absolute atomic E-state index is 0.0832. The van der Waals surface area contributed by atoms with Gasteiger partial charge in [0.1, 0.15) is 11.6 Å². The van der Waals surface area contributed by atoms with Gasteiger partial charge in [-0.3, -0.25) is 4.90 Å². The summed E-state index contributed by atoms with van der Waals surface area (Å²) in [7, 11) is 1.75. The van der Waals surface area contributed by atoms with Crippen molar-refractivity contribution in [1.82, 2.24) is 9.55 Å². The maximum atomic E-state index is 13.4. The second-order valence-corrected chi connectivity index (χ2v) is 7.60. The number of hydrogen-bond acceptors (Lipinski definition) is 5. The molecule has 0 bridgehead atoms. The lowest BCUT2D eigenvalue weighted by Gasteiger charge is -2.21. The number of nitrogens with zero attached hydrogens (tertiary/aromatic N) is 3. The van der Waals surface area contributed by atoms with E-state index in [-0.39, 0.29) is 24.7 Å². The predicted octanol–water partition coefficient (Wildman–Crippen LogP) is 5.02. The summed E-state index contributed by atoms with van der Waals surface area (Å²) in [6.45, 7) is 2.02. The van der Waals surface area contributed by atoms with Crippen LogP contribution in [0.1, 0.15) is 34.6 Å². The molecule has 0 unspecified atom stereocenters. The van der Waals surface area contributed by atoms with Crippen LogP contribution in [0.25, 0.3) is 0 Å². The highest BCUT2D eigenvalue weighted by Gasteiger charge is 2.30. The molecule has 4 aromatic rings. The number of esters is 1. The molecule has 34 heavy (non-hydrogen) atoms. The second kappa shape index (κ2) is 10.5. The number of rotatable bonds is 8. The number of hydrogen-bond donors (Lipinski definition) is 1. The number of anilines is 2. The fourth-order valence-corrected chi connectivity index (χ4v) is 3.60. The maximum absolute atomic E-state index is 13.4. The van der Waals surface area contributed by atoms with Crippen molar-refractivity contribution in [3.63, 3.8) is 0 Å². The first kappa shape index (κ1) is 22.8. The van der Waals surface area contributed by atoms with Gasteiger partial charge in [0.15, 0.2) is 11.5 Å². The van der Waals surface area contributed by atoms with E-state index in [1.54, 1.807) is 42.8 Å². The Kier molecular flexibility index (Phi) is 7.07. The van der Waals surface area contributed by atoms with E-state index < -0.39 is 12.0 Å². The number of furan rings is 1. The summed E-state index contributed by atoms with van der Waals surface area (Å²) in [4.78, 5) is 32.5. The summed E-state index contributed by atoms with van der Waals surface area (Å²) in [6, 6.07) is 22.0. The van der Waals surface area contributed by atoms with Gasteiger partial charge in [-0.05, 0) is 36.8 Å². The molecule has 0 aliphatic rings. The molecule has 2 amide bonds. The van der Waals surface area contributed by atoms with Crippen LogP contribution in [0.5, 0.6) is 0 Å². The van der Waals surface area contributed by atoms with Gasteiger partial charge < -0.3 is 19.0 Å². The molecular formula is C26H26N4O4. The second-order valence-electron chi connectivity index (χ2n) is 7.60. The van der Waals surface area contributed by atoms with Crippen molar-refractivity contribution in [3.05, 3.63) is 102 Å². The maximum Gasteiger partial charge on any atom is 0.358 e. The third kappa shape index (κ3) is 5.17. The molecule has 0 aliphatic heterocycles. The van der Waals surface area contributed by atoms with E-state index in [4.69, 9.17) is 14.1 Å². The third-order valence-electron chi connectivity index (χ3n) is 5.26. The van der Waals surface area contributed by atoms with Crippen LogP contribution in [0.2, 0.25) is 0 Å². The lowest BCUT2D eigenvalue weighted by Crippen LogP contribution is -2.36. The molecule has 0 spiro atoms. The van der Waals surface area contributed by atoms with E-state index in [1.807, 2.05) is 48.5 Å². The van der Waals surface area contributed by atoms with E-state index in [2.05, 4.69) is 5.32 Å². The van der Waals surface area contributed by atoms with Crippen molar-refractivity contribution >= 4 is 23.5 Å². The predicted molar refractivity (Wildman–Crippen MR) is 129 cm³/mol. The van der Waals surface area contributed by atoms with Crippen LogP contribution in [0.3, 0.4) is 0 Å². The fraction of sp³-hybridized carbons (Fsp3) is 0.192. The highest BCUT2D eigenvalue weighted by atomic mass is 16.5. The van der Waals surface area contributed by atoms with Crippen LogP contribution < -0.4 is 10.2 Å². The van der Waals surface area contributed by atoms with E-state index in [0.29, 0.717) is 23.7 Å². The van der Waals surface area contributed by atoms with Crippen LogP contribution in [-0.2, 0) is 24.8 Å². The Bertz CT molecular complexity index is 1230. The zero-order valence-electron chi connectivity index (χ0n) is 19.1. The monoisotopic (exact) mass is 458 g/mol. The largest absolute Gasteiger partial charge is 0.467 e. The average Bonchev–Trinajstić information content (AvgIpc) is 3.47. The van der Waals surface area contributed by atoms with Crippen molar-refractivity contribution in [2.24, 2.45) is 7.05 Å². The summed E-state index contributed by atoms with van der Waals surface area (Å²) in [5.74, 6) is 0.829. The standard InChI is InChI=1S/C26H26N4O4/c1-3-33-25(31)23-24(28-22(29(23)2)17-19-11-6-4-7-12-19)30(18-21-15-10-16-34-21)26(32)27-20-13-8-5-9-14-20/h4-16H,3,17-18H2,1-2H3,(H,27,32). The highest BCUT2D eigenvalue weighted by molar-refractivity contribution is 6.05. The van der Waals surface area contributed by atoms with Gasteiger partial charge >= 0.3 is 12.0 Å². The van der Waals surface area contributed by atoms with E-state index in [9.17, 15) is 9.59 Å². The summed E-state index contributed by atoms with van der Waals surface area (Å²) in [5.41, 5.74) is 1.85. The molecule has 0 radical (unpaired) electrons. The van der Waals surface area contributed by atoms with Gasteiger partial charge in [-0.2, -0.15) is 0 Å². The molecule has 8 heteroatoms. The molecule has 4 rings (SSSR count). The van der Waals surface area contributed by atoms with E-state index in [1.165, 1.54) is 11.2 Å². The minimum atomic E-state index is -0.552. The highest BCUT2D eigenvalue weighted by Crippen LogP contribution is 2.26. The summed E-state index contributed by atoms with van der Waals surface area (Å²) in [6.07, 6.45) is 2.02. The van der Waals surface area contributed by atoms with Gasteiger partial charge in [0, 0.05) is 19.2 Å². The first-order chi connectivity index (χ1) is 16.6. The Balaban J connectivity index is 1.76. The Morgan fingerprint density at radius 2 is 1.74 bits per heavy atom. The van der Waals surface area contributed by atoms with Crippen LogP contribution in [0.4, 0.5) is 16.3 Å². The molecule has 2 heterocycles. The molecule has 0 saturated carbocycles. The number of carbonyl (C=O) groups excluding carboxylic acids is 2. The Morgan fingerprint density at radius 3 is 2.38 bits per heavy atom. The molecular weight excluding hydrogens is 432 g/mol. The number of benzene rings is 2. The zero-order valence-corrected chi connectivity index (χ0v) is 19.1. The van der Waals surface area contributed by atoms with Crippen molar-refractivity contribution in [1.29, 1.82) is 0 Å². The van der Waals surface area contributed by atoms with Gasteiger partial charge in [-0.1, -0.05) is 48.5 Å². The number of aromatic nitrogens is 2. The summed E-state index contributed by atoms with van der Waals surface area (Å²) < 4.78 is 12.5. The van der Waals surface area contributed by atoms with Crippen LogP contribution in [0, 0.1) is 0 Å². The van der Waals surface area contributed by atoms with Gasteiger partial charge in [0.25, 0.3) is 0 Å². The number of urea groups is 1.